The van der Waals surface area contributed by atoms with E-state index in [1.807, 2.05) is 79.7 Å². The molecule has 4 rings (SSSR count). The van der Waals surface area contributed by atoms with Crippen molar-refractivity contribution in [2.75, 3.05) is 18.9 Å². The molecule has 3 aromatic carbocycles. The zero-order valence-electron chi connectivity index (χ0n) is 20.3. The van der Waals surface area contributed by atoms with E-state index in [1.54, 1.807) is 11.9 Å². The second kappa shape index (κ2) is 11.4. The molecule has 188 valence electrons. The third-order valence-electron chi connectivity index (χ3n) is 6.26. The Labute approximate surface area is 221 Å². The zero-order chi connectivity index (χ0) is 25.7. The summed E-state index contributed by atoms with van der Waals surface area (Å²) in [6.07, 6.45) is 2.49. The Balaban J connectivity index is 1.65. The maximum atomic E-state index is 12.6. The first-order valence-electron chi connectivity index (χ1n) is 11.7. The number of carbonyl (C=O) groups is 1. The summed E-state index contributed by atoms with van der Waals surface area (Å²) in [7, 11) is 1.70. The van der Waals surface area contributed by atoms with Crippen LogP contribution in [0, 0.1) is 0 Å². The van der Waals surface area contributed by atoms with E-state index < -0.39 is 5.72 Å². The molecule has 3 N–H and O–H groups in total. The van der Waals surface area contributed by atoms with Crippen LogP contribution in [0.25, 0.3) is 6.08 Å². The molecule has 0 spiro atoms. The van der Waals surface area contributed by atoms with Gasteiger partial charge in [-0.25, -0.2) is 0 Å². The van der Waals surface area contributed by atoms with Gasteiger partial charge in [0, 0.05) is 33.9 Å². The van der Waals surface area contributed by atoms with E-state index >= 15 is 0 Å². The smallest absolute Gasteiger partial charge is 0.240 e. The standard InChI is InChI=1S/C28H29Cl2N3O3/c1-3-28(36-18-20-9-5-7-11-24(20)30)26(33(2)27(34)16-31)15-21-14-22(12-13-25(21)32-28)35-17-19-8-4-6-10-23(19)29/h4-15,32H,3,16-18,31H2,1-2H3. The first-order valence-corrected chi connectivity index (χ1v) is 12.5. The first-order chi connectivity index (χ1) is 17.4. The van der Waals surface area contributed by atoms with Crippen LogP contribution in [-0.4, -0.2) is 30.1 Å². The molecule has 0 aliphatic carbocycles. The molecule has 1 aliphatic rings. The van der Waals surface area contributed by atoms with Crippen LogP contribution >= 0.6 is 23.2 Å². The Morgan fingerprint density at radius 1 is 1.00 bits per heavy atom. The van der Waals surface area contributed by atoms with Gasteiger partial charge in [-0.3, -0.25) is 4.79 Å². The molecular formula is C28H29Cl2N3O3. The van der Waals surface area contributed by atoms with Crippen LogP contribution in [0.1, 0.15) is 30.0 Å². The fourth-order valence-electron chi connectivity index (χ4n) is 4.12. The van der Waals surface area contributed by atoms with Crippen molar-refractivity contribution in [1.82, 2.24) is 4.90 Å². The summed E-state index contributed by atoms with van der Waals surface area (Å²) in [5.41, 5.74) is 8.86. The van der Waals surface area contributed by atoms with Crippen LogP contribution in [0.2, 0.25) is 10.0 Å². The van der Waals surface area contributed by atoms with Gasteiger partial charge < -0.3 is 25.4 Å². The Morgan fingerprint density at radius 3 is 2.25 bits per heavy atom. The number of likely N-dealkylation sites (N-methyl/N-ethyl adjacent to an activating group) is 1. The molecule has 6 nitrogen and oxygen atoms in total. The molecule has 3 aromatic rings. The summed E-state index contributed by atoms with van der Waals surface area (Å²) >= 11 is 12.6. The van der Waals surface area contributed by atoms with E-state index in [9.17, 15) is 4.79 Å². The van der Waals surface area contributed by atoms with Gasteiger partial charge in [0.1, 0.15) is 12.4 Å². The summed E-state index contributed by atoms with van der Waals surface area (Å²) < 4.78 is 12.5. The minimum Gasteiger partial charge on any atom is -0.489 e. The molecular weight excluding hydrogens is 497 g/mol. The number of rotatable bonds is 9. The molecule has 8 heteroatoms. The summed E-state index contributed by atoms with van der Waals surface area (Å²) in [4.78, 5) is 14.2. The highest BCUT2D eigenvalue weighted by atomic mass is 35.5. The van der Waals surface area contributed by atoms with Crippen molar-refractivity contribution in [2.24, 2.45) is 5.73 Å². The minimum absolute atomic E-state index is 0.119. The molecule has 1 unspecified atom stereocenters. The first kappa shape index (κ1) is 26.0. The fourth-order valence-corrected chi connectivity index (χ4v) is 4.50. The Hall–Kier alpha value is -3.03. The number of anilines is 1. The normalized spacial score (nSPS) is 16.5. The van der Waals surface area contributed by atoms with Crippen molar-refractivity contribution in [3.05, 3.63) is 99.2 Å². The monoisotopic (exact) mass is 525 g/mol. The summed E-state index contributed by atoms with van der Waals surface area (Å²) in [6.45, 7) is 2.48. The van der Waals surface area contributed by atoms with Crippen LogP contribution in [0.15, 0.2) is 72.4 Å². The molecule has 0 radical (unpaired) electrons. The highest BCUT2D eigenvalue weighted by Crippen LogP contribution is 2.40. The molecule has 1 atom stereocenters. The second-order valence-electron chi connectivity index (χ2n) is 8.50. The third-order valence-corrected chi connectivity index (χ3v) is 7.00. The van der Waals surface area contributed by atoms with E-state index in [1.165, 1.54) is 0 Å². The van der Waals surface area contributed by atoms with E-state index in [4.69, 9.17) is 38.4 Å². The largest absolute Gasteiger partial charge is 0.489 e. The fraction of sp³-hybridized carbons (Fsp3) is 0.250. The van der Waals surface area contributed by atoms with Crippen LogP contribution in [0.3, 0.4) is 0 Å². The van der Waals surface area contributed by atoms with Gasteiger partial charge in [-0.05, 0) is 48.4 Å². The predicted octanol–water partition coefficient (Wildman–Crippen LogP) is 6.08. The molecule has 0 fully saturated rings. The molecule has 36 heavy (non-hydrogen) atoms. The van der Waals surface area contributed by atoms with Crippen molar-refractivity contribution in [2.45, 2.75) is 32.3 Å². The quantitative estimate of drug-likeness (QED) is 0.354. The molecule has 1 aliphatic heterocycles. The lowest BCUT2D eigenvalue weighted by Crippen LogP contribution is -2.51. The lowest BCUT2D eigenvalue weighted by molar-refractivity contribution is -0.129. The van der Waals surface area contributed by atoms with Crippen LogP contribution in [0.4, 0.5) is 5.69 Å². The summed E-state index contributed by atoms with van der Waals surface area (Å²) in [5.74, 6) is 0.455. The van der Waals surface area contributed by atoms with E-state index in [-0.39, 0.29) is 19.1 Å². The van der Waals surface area contributed by atoms with Gasteiger partial charge in [0.25, 0.3) is 0 Å². The second-order valence-corrected chi connectivity index (χ2v) is 9.32. The van der Waals surface area contributed by atoms with Crippen molar-refractivity contribution in [3.8, 4) is 5.75 Å². The van der Waals surface area contributed by atoms with E-state index in [2.05, 4.69) is 5.32 Å². The lowest BCUT2D eigenvalue weighted by Gasteiger charge is -2.43. The van der Waals surface area contributed by atoms with Crippen molar-refractivity contribution < 1.29 is 14.3 Å². The Morgan fingerprint density at radius 2 is 1.64 bits per heavy atom. The van der Waals surface area contributed by atoms with Crippen LogP contribution < -0.4 is 15.8 Å². The molecule has 0 saturated carbocycles. The third kappa shape index (κ3) is 5.52. The van der Waals surface area contributed by atoms with Gasteiger partial charge in [0.2, 0.25) is 5.91 Å². The number of carbonyl (C=O) groups excluding carboxylic acids is 1. The maximum Gasteiger partial charge on any atom is 0.240 e. The number of nitrogens with two attached hydrogens (primary N) is 1. The van der Waals surface area contributed by atoms with Crippen molar-refractivity contribution in [3.63, 3.8) is 0 Å². The van der Waals surface area contributed by atoms with Gasteiger partial charge in [-0.15, -0.1) is 0 Å². The topological polar surface area (TPSA) is 76.8 Å². The average molecular weight is 526 g/mol. The van der Waals surface area contributed by atoms with Gasteiger partial charge in [0.15, 0.2) is 5.72 Å². The molecule has 0 aromatic heterocycles. The molecule has 1 heterocycles. The molecule has 1 amide bonds. The number of benzene rings is 3. The van der Waals surface area contributed by atoms with E-state index in [0.717, 1.165) is 22.4 Å². The highest BCUT2D eigenvalue weighted by molar-refractivity contribution is 6.31. The SMILES string of the molecule is CCC1(OCc2ccccc2Cl)Nc2ccc(OCc3ccccc3Cl)cc2C=C1N(C)C(=O)CN. The number of halogens is 2. The van der Waals surface area contributed by atoms with Crippen molar-refractivity contribution in [1.29, 1.82) is 0 Å². The van der Waals surface area contributed by atoms with Crippen LogP contribution in [-0.2, 0) is 22.7 Å². The number of nitrogens with one attached hydrogen (secondary N) is 1. The van der Waals surface area contributed by atoms with E-state index in [0.29, 0.717) is 34.5 Å². The van der Waals surface area contributed by atoms with Crippen LogP contribution in [0.5, 0.6) is 5.75 Å². The Kier molecular flexibility index (Phi) is 8.21. The Bertz CT molecular complexity index is 1280. The number of hydrogen-bond acceptors (Lipinski definition) is 5. The van der Waals surface area contributed by atoms with Gasteiger partial charge in [-0.2, -0.15) is 0 Å². The number of amides is 1. The maximum absolute atomic E-state index is 12.6. The van der Waals surface area contributed by atoms with Gasteiger partial charge in [0.05, 0.1) is 18.8 Å². The van der Waals surface area contributed by atoms with Crippen molar-refractivity contribution >= 4 is 40.9 Å². The summed E-state index contributed by atoms with van der Waals surface area (Å²) in [6, 6.07) is 20.9. The number of ether oxygens (including phenoxy) is 2. The highest BCUT2D eigenvalue weighted by Gasteiger charge is 2.40. The zero-order valence-corrected chi connectivity index (χ0v) is 21.8. The number of hydrogen-bond donors (Lipinski definition) is 2. The lowest BCUT2D eigenvalue weighted by atomic mass is 9.95. The predicted molar refractivity (Wildman–Crippen MR) is 145 cm³/mol. The summed E-state index contributed by atoms with van der Waals surface area (Å²) in [5, 5.41) is 4.80. The van der Waals surface area contributed by atoms with Gasteiger partial charge in [-0.1, -0.05) is 66.5 Å². The molecule has 0 bridgehead atoms. The molecule has 0 saturated heterocycles. The minimum atomic E-state index is -0.967. The van der Waals surface area contributed by atoms with Gasteiger partial charge >= 0.3 is 0 Å². The number of fused-ring (bicyclic) bond motifs is 1. The average Bonchev–Trinajstić information content (AvgIpc) is 2.90. The number of nitrogens with zero attached hydrogens (tertiary/aromatic N) is 1.